The van der Waals surface area contributed by atoms with Gasteiger partial charge >= 0.3 is 0 Å². The van der Waals surface area contributed by atoms with Gasteiger partial charge in [-0.2, -0.15) is 5.21 Å². The SMILES string of the molecule is COc1cc(/C=C2\SC(=S)N(CCCCCc3nn[nH]n3)C2=O)cc(-c2ccc3[nH]ccc3c2)c1OCCN1CCOCC1. The molecule has 0 unspecified atom stereocenters. The molecule has 0 aliphatic carbocycles. The average molecular weight is 634 g/mol. The molecule has 1 amide bonds. The molecule has 2 saturated heterocycles. The number of hydrogen-bond acceptors (Lipinski definition) is 10. The highest BCUT2D eigenvalue weighted by Crippen LogP contribution is 2.42. The number of amides is 1. The summed E-state index contributed by atoms with van der Waals surface area (Å²) in [6.07, 6.45) is 7.28. The fraction of sp³-hybridized carbons (Fsp3) is 0.387. The number of H-pyrrole nitrogens is 2. The molecule has 2 aliphatic heterocycles. The fourth-order valence-corrected chi connectivity index (χ4v) is 6.72. The number of aryl methyl sites for hydroxylation is 1. The Hall–Kier alpha value is -3.78. The topological polar surface area (TPSA) is 121 Å². The van der Waals surface area contributed by atoms with E-state index < -0.39 is 0 Å². The van der Waals surface area contributed by atoms with Crippen LogP contribution in [0, 0.1) is 0 Å². The second kappa shape index (κ2) is 14.3. The summed E-state index contributed by atoms with van der Waals surface area (Å²) in [5.41, 5.74) is 3.80. The molecule has 44 heavy (non-hydrogen) atoms. The molecule has 2 aromatic carbocycles. The molecule has 230 valence electrons. The number of rotatable bonds is 13. The molecule has 0 radical (unpaired) electrons. The molecular weight excluding hydrogens is 599 g/mol. The van der Waals surface area contributed by atoms with E-state index in [4.69, 9.17) is 26.4 Å². The van der Waals surface area contributed by atoms with Crippen LogP contribution < -0.4 is 9.47 Å². The lowest BCUT2D eigenvalue weighted by Gasteiger charge is -2.26. The Morgan fingerprint density at radius 3 is 2.82 bits per heavy atom. The highest BCUT2D eigenvalue weighted by atomic mass is 32.2. The van der Waals surface area contributed by atoms with E-state index in [1.54, 1.807) is 12.0 Å². The van der Waals surface area contributed by atoms with Crippen molar-refractivity contribution < 1.29 is 19.0 Å². The number of benzene rings is 2. The highest BCUT2D eigenvalue weighted by Gasteiger charge is 2.31. The maximum atomic E-state index is 13.4. The van der Waals surface area contributed by atoms with Crippen LogP contribution in [0.3, 0.4) is 0 Å². The Bertz CT molecular complexity index is 1630. The van der Waals surface area contributed by atoms with Crippen LogP contribution in [0.1, 0.15) is 30.7 Å². The Balaban J connectivity index is 1.21. The van der Waals surface area contributed by atoms with Gasteiger partial charge in [0, 0.05) is 49.9 Å². The first-order valence-corrected chi connectivity index (χ1v) is 16.0. The van der Waals surface area contributed by atoms with E-state index in [-0.39, 0.29) is 5.91 Å². The predicted molar refractivity (Wildman–Crippen MR) is 175 cm³/mol. The van der Waals surface area contributed by atoms with Gasteiger partial charge < -0.3 is 19.2 Å². The number of carbonyl (C=O) groups is 1. The standard InChI is InChI=1S/C31H35N7O4S2/c1-40-26-18-21(19-27-30(39)38(31(43)44-27)10-4-2-3-5-28-33-35-36-34-28)17-24(22-6-7-25-23(20-22)8-9-32-25)29(26)42-16-13-37-11-14-41-15-12-37/h6-9,17-20,32H,2-5,10-16H2,1H3,(H,33,34,35,36)/b27-19-. The molecule has 2 N–H and O–H groups in total. The van der Waals surface area contributed by atoms with Gasteiger partial charge in [0.1, 0.15) is 10.9 Å². The van der Waals surface area contributed by atoms with E-state index in [0.717, 1.165) is 86.1 Å². The zero-order chi connectivity index (χ0) is 30.3. The molecule has 11 nitrogen and oxygen atoms in total. The monoisotopic (exact) mass is 633 g/mol. The van der Waals surface area contributed by atoms with Gasteiger partial charge in [0.2, 0.25) is 0 Å². The van der Waals surface area contributed by atoms with Crippen molar-refractivity contribution in [3.05, 3.63) is 58.9 Å². The molecule has 4 heterocycles. The van der Waals surface area contributed by atoms with Crippen LogP contribution in [0.2, 0.25) is 0 Å². The zero-order valence-electron chi connectivity index (χ0n) is 24.6. The number of ether oxygens (including phenoxy) is 3. The first kappa shape index (κ1) is 30.3. The molecule has 2 aliphatic rings. The summed E-state index contributed by atoms with van der Waals surface area (Å²) in [6.45, 7) is 5.17. The smallest absolute Gasteiger partial charge is 0.266 e. The highest BCUT2D eigenvalue weighted by molar-refractivity contribution is 8.26. The van der Waals surface area contributed by atoms with E-state index in [1.165, 1.54) is 11.8 Å². The van der Waals surface area contributed by atoms with Crippen LogP contribution in [0.25, 0.3) is 28.1 Å². The second-order valence-corrected chi connectivity index (χ2v) is 12.3. The fourth-order valence-electron chi connectivity index (χ4n) is 5.41. The largest absolute Gasteiger partial charge is 0.493 e. The first-order valence-electron chi connectivity index (χ1n) is 14.8. The minimum atomic E-state index is -0.0711. The zero-order valence-corrected chi connectivity index (χ0v) is 26.2. The van der Waals surface area contributed by atoms with Crippen molar-refractivity contribution in [1.29, 1.82) is 0 Å². The van der Waals surface area contributed by atoms with Gasteiger partial charge in [0.05, 0.1) is 25.2 Å². The minimum absolute atomic E-state index is 0.0711. The lowest BCUT2D eigenvalue weighted by atomic mass is 9.99. The van der Waals surface area contributed by atoms with Gasteiger partial charge in [0.15, 0.2) is 17.3 Å². The summed E-state index contributed by atoms with van der Waals surface area (Å²) >= 11 is 6.93. The van der Waals surface area contributed by atoms with Crippen molar-refractivity contribution in [2.75, 3.05) is 53.1 Å². The van der Waals surface area contributed by atoms with Crippen molar-refractivity contribution in [1.82, 2.24) is 35.4 Å². The van der Waals surface area contributed by atoms with Gasteiger partial charge in [-0.25, -0.2) is 0 Å². The first-order chi connectivity index (χ1) is 21.6. The molecule has 0 spiro atoms. The third kappa shape index (κ3) is 7.12. The molecule has 0 atom stereocenters. The number of nitrogens with zero attached hydrogens (tertiary/aromatic N) is 5. The number of aromatic nitrogens is 5. The molecule has 0 bridgehead atoms. The molecule has 2 fully saturated rings. The maximum absolute atomic E-state index is 13.4. The van der Waals surface area contributed by atoms with Crippen LogP contribution in [0.4, 0.5) is 0 Å². The predicted octanol–water partition coefficient (Wildman–Crippen LogP) is 4.68. The van der Waals surface area contributed by atoms with Crippen molar-refractivity contribution >= 4 is 51.2 Å². The van der Waals surface area contributed by atoms with Crippen LogP contribution in [0.5, 0.6) is 11.5 Å². The Morgan fingerprint density at radius 2 is 2.00 bits per heavy atom. The van der Waals surface area contributed by atoms with Gasteiger partial charge in [-0.15, -0.1) is 10.2 Å². The molecule has 2 aromatic heterocycles. The van der Waals surface area contributed by atoms with E-state index in [2.05, 4.69) is 60.8 Å². The van der Waals surface area contributed by atoms with Crippen LogP contribution in [0.15, 0.2) is 47.5 Å². The number of unbranched alkanes of at least 4 members (excludes halogenated alkanes) is 2. The number of thioether (sulfide) groups is 1. The number of methoxy groups -OCH3 is 1. The lowest BCUT2D eigenvalue weighted by Crippen LogP contribution is -2.38. The number of nitrogens with one attached hydrogen (secondary N) is 2. The van der Waals surface area contributed by atoms with Gasteiger partial charge in [0.25, 0.3) is 5.91 Å². The van der Waals surface area contributed by atoms with Crippen molar-refractivity contribution in [2.45, 2.75) is 25.7 Å². The van der Waals surface area contributed by atoms with Crippen molar-refractivity contribution in [2.24, 2.45) is 0 Å². The number of aromatic amines is 2. The average Bonchev–Trinajstić information content (AvgIpc) is 3.79. The quantitative estimate of drug-likeness (QED) is 0.122. The number of morpholine rings is 1. The Kier molecular flexibility index (Phi) is 9.86. The molecule has 0 saturated carbocycles. The number of hydrogen-bond donors (Lipinski definition) is 2. The van der Waals surface area contributed by atoms with Gasteiger partial charge in [-0.3, -0.25) is 14.6 Å². The van der Waals surface area contributed by atoms with Crippen LogP contribution >= 0.6 is 24.0 Å². The molecule has 13 heteroatoms. The third-order valence-corrected chi connectivity index (χ3v) is 9.14. The number of carbonyl (C=O) groups excluding carboxylic acids is 1. The summed E-state index contributed by atoms with van der Waals surface area (Å²) in [6, 6.07) is 12.3. The summed E-state index contributed by atoms with van der Waals surface area (Å²) in [5, 5.41) is 15.1. The third-order valence-electron chi connectivity index (χ3n) is 7.76. The Labute approximate surface area is 265 Å². The summed E-state index contributed by atoms with van der Waals surface area (Å²) < 4.78 is 18.3. The van der Waals surface area contributed by atoms with Crippen molar-refractivity contribution in [3.63, 3.8) is 0 Å². The minimum Gasteiger partial charge on any atom is -0.493 e. The number of fused-ring (bicyclic) bond motifs is 1. The number of tetrazole rings is 1. The molecular formula is C31H35N7O4S2. The normalized spacial score (nSPS) is 16.8. The van der Waals surface area contributed by atoms with Crippen LogP contribution in [-0.4, -0.2) is 98.7 Å². The van der Waals surface area contributed by atoms with E-state index in [1.807, 2.05) is 18.3 Å². The van der Waals surface area contributed by atoms with Gasteiger partial charge in [-0.1, -0.05) is 41.7 Å². The van der Waals surface area contributed by atoms with Crippen LogP contribution in [-0.2, 0) is 16.0 Å². The van der Waals surface area contributed by atoms with E-state index >= 15 is 0 Å². The number of thiocarbonyl (C=S) groups is 1. The Morgan fingerprint density at radius 1 is 1.11 bits per heavy atom. The van der Waals surface area contributed by atoms with E-state index in [0.29, 0.717) is 39.7 Å². The second-order valence-electron chi connectivity index (χ2n) is 10.7. The van der Waals surface area contributed by atoms with Gasteiger partial charge in [-0.05, 0) is 65.8 Å². The maximum Gasteiger partial charge on any atom is 0.266 e. The molecule has 6 rings (SSSR count). The van der Waals surface area contributed by atoms with E-state index in [9.17, 15) is 4.79 Å². The summed E-state index contributed by atoms with van der Waals surface area (Å²) in [5.74, 6) is 1.93. The lowest BCUT2D eigenvalue weighted by molar-refractivity contribution is -0.122. The molecule has 4 aromatic rings. The summed E-state index contributed by atoms with van der Waals surface area (Å²) in [4.78, 5) is 21.3. The van der Waals surface area contributed by atoms with Crippen molar-refractivity contribution in [3.8, 4) is 22.6 Å². The summed E-state index contributed by atoms with van der Waals surface area (Å²) in [7, 11) is 1.64.